The Balaban J connectivity index is 2.04. The molecule has 1 spiro atoms. The molecule has 0 aromatic heterocycles. The molecule has 0 radical (unpaired) electrons. The predicted molar refractivity (Wildman–Crippen MR) is 100 cm³/mol. The summed E-state index contributed by atoms with van der Waals surface area (Å²) in [5.41, 5.74) is -1.65. The second-order valence-electron chi connectivity index (χ2n) is 7.19. The third-order valence-electron chi connectivity index (χ3n) is 5.97. The van der Waals surface area contributed by atoms with Crippen molar-refractivity contribution in [3.05, 3.63) is 59.7 Å². The molecule has 6 heteroatoms. The number of nitrogens with one attached hydrogen (secondary N) is 1. The van der Waals surface area contributed by atoms with Crippen molar-refractivity contribution in [1.82, 2.24) is 0 Å². The molecule has 1 N–H and O–H groups in total. The molecule has 0 bridgehead atoms. The largest absolute Gasteiger partial charge is 0.497 e. The van der Waals surface area contributed by atoms with Gasteiger partial charge in [0.25, 0.3) is 0 Å². The fourth-order valence-electron chi connectivity index (χ4n) is 4.64. The van der Waals surface area contributed by atoms with Gasteiger partial charge in [0.2, 0.25) is 5.91 Å². The number of nitrogens with zero attached hydrogens (tertiary/aromatic N) is 2. The lowest BCUT2D eigenvalue weighted by Crippen LogP contribution is -2.56. The van der Waals surface area contributed by atoms with E-state index in [9.17, 15) is 20.1 Å². The van der Waals surface area contributed by atoms with E-state index in [0.29, 0.717) is 22.6 Å². The molecule has 1 aliphatic heterocycles. The maximum absolute atomic E-state index is 13.3. The van der Waals surface area contributed by atoms with Gasteiger partial charge in [0.15, 0.2) is 5.41 Å². The van der Waals surface area contributed by atoms with Gasteiger partial charge in [0.05, 0.1) is 19.2 Å². The molecule has 2 atom stereocenters. The molecule has 2 aliphatic rings. The summed E-state index contributed by atoms with van der Waals surface area (Å²) in [5.74, 6) is -0.866. The number of anilines is 1. The Labute approximate surface area is 162 Å². The minimum Gasteiger partial charge on any atom is -0.497 e. The van der Waals surface area contributed by atoms with Crippen LogP contribution in [0.5, 0.6) is 5.75 Å². The van der Waals surface area contributed by atoms with Crippen molar-refractivity contribution in [3.63, 3.8) is 0 Å². The summed E-state index contributed by atoms with van der Waals surface area (Å²) in [4.78, 5) is 26.1. The third kappa shape index (κ3) is 2.12. The van der Waals surface area contributed by atoms with Crippen molar-refractivity contribution in [2.75, 3.05) is 12.4 Å². The van der Waals surface area contributed by atoms with Crippen LogP contribution in [0, 0.1) is 28.1 Å². The second kappa shape index (κ2) is 6.21. The maximum Gasteiger partial charge on any atom is 0.238 e. The van der Waals surface area contributed by atoms with Crippen LogP contribution in [-0.2, 0) is 15.0 Å². The molecule has 2 aromatic carbocycles. The van der Waals surface area contributed by atoms with E-state index < -0.39 is 22.7 Å². The predicted octanol–water partition coefficient (Wildman–Crippen LogP) is 3.07. The third-order valence-corrected chi connectivity index (χ3v) is 5.97. The highest BCUT2D eigenvalue weighted by atomic mass is 16.5. The molecule has 138 valence electrons. The van der Waals surface area contributed by atoms with Crippen LogP contribution in [0.3, 0.4) is 0 Å². The quantitative estimate of drug-likeness (QED) is 0.874. The van der Waals surface area contributed by atoms with Gasteiger partial charge in [-0.1, -0.05) is 30.3 Å². The lowest BCUT2D eigenvalue weighted by molar-refractivity contribution is -0.134. The average molecular weight is 371 g/mol. The fraction of sp³-hybridized carbons (Fsp3) is 0.273. The summed E-state index contributed by atoms with van der Waals surface area (Å²) < 4.78 is 5.29. The Bertz CT molecular complexity index is 1050. The van der Waals surface area contributed by atoms with E-state index in [1.165, 1.54) is 7.11 Å². The van der Waals surface area contributed by atoms with Gasteiger partial charge in [-0.25, -0.2) is 0 Å². The number of Topliss-reactive ketones (excluding diaryl/α,β-unsaturated/α-hetero) is 1. The summed E-state index contributed by atoms with van der Waals surface area (Å²) >= 11 is 0. The number of carbonyl (C=O) groups excluding carboxylic acids is 2. The van der Waals surface area contributed by atoms with Crippen molar-refractivity contribution in [3.8, 4) is 17.9 Å². The number of ketones is 1. The normalized spacial score (nSPS) is 24.8. The summed E-state index contributed by atoms with van der Waals surface area (Å²) in [6.07, 6.45) is -0.150. The zero-order valence-corrected chi connectivity index (χ0v) is 15.2. The molecule has 4 rings (SSSR count). The molecular formula is C22H17N3O3. The van der Waals surface area contributed by atoms with Crippen LogP contribution in [0.15, 0.2) is 48.5 Å². The van der Waals surface area contributed by atoms with Crippen LogP contribution in [0.25, 0.3) is 0 Å². The second-order valence-corrected chi connectivity index (χ2v) is 7.19. The highest BCUT2D eigenvalue weighted by molar-refractivity contribution is 6.11. The van der Waals surface area contributed by atoms with Crippen LogP contribution < -0.4 is 10.1 Å². The Hall–Kier alpha value is -3.64. The van der Waals surface area contributed by atoms with Gasteiger partial charge < -0.3 is 10.1 Å². The summed E-state index contributed by atoms with van der Waals surface area (Å²) in [6, 6.07) is 18.4. The molecule has 0 saturated heterocycles. The van der Waals surface area contributed by atoms with Gasteiger partial charge in [-0.15, -0.1) is 0 Å². The van der Waals surface area contributed by atoms with Gasteiger partial charge >= 0.3 is 0 Å². The Morgan fingerprint density at radius 1 is 1.11 bits per heavy atom. The van der Waals surface area contributed by atoms with Gasteiger partial charge in [-0.2, -0.15) is 10.5 Å². The van der Waals surface area contributed by atoms with Gasteiger partial charge in [0, 0.05) is 24.4 Å². The van der Waals surface area contributed by atoms with E-state index in [-0.39, 0.29) is 18.6 Å². The number of carbonyl (C=O) groups is 2. The lowest BCUT2D eigenvalue weighted by atomic mass is 9.49. The van der Waals surface area contributed by atoms with E-state index >= 15 is 0 Å². The zero-order chi connectivity index (χ0) is 19.9. The number of hydrogen-bond donors (Lipinski definition) is 1. The number of methoxy groups -OCH3 is 1. The summed E-state index contributed by atoms with van der Waals surface area (Å²) in [6.45, 7) is 0. The number of hydrogen-bond acceptors (Lipinski definition) is 5. The average Bonchev–Trinajstić information content (AvgIpc) is 3.00. The van der Waals surface area contributed by atoms with Crippen molar-refractivity contribution in [2.45, 2.75) is 24.2 Å². The minimum absolute atomic E-state index is 0.0411. The first-order valence-electron chi connectivity index (χ1n) is 8.91. The molecule has 6 nitrogen and oxygen atoms in total. The van der Waals surface area contributed by atoms with Gasteiger partial charge in [-0.3, -0.25) is 9.59 Å². The standard InChI is InChI=1S/C22H17N3O3/c1-28-16-7-8-19-18(10-16)22(20(27)25-19)11-15(26)9-17(21(22,12-23)13-24)14-5-3-2-4-6-14/h2-8,10,17H,9,11H2,1H3,(H,25,27)/t17-,22-/m1/s1. The molecule has 1 saturated carbocycles. The smallest absolute Gasteiger partial charge is 0.238 e. The van der Waals surface area contributed by atoms with E-state index in [0.717, 1.165) is 0 Å². The monoisotopic (exact) mass is 371 g/mol. The van der Waals surface area contributed by atoms with Gasteiger partial charge in [-0.05, 0) is 29.3 Å². The van der Waals surface area contributed by atoms with Crippen molar-refractivity contribution in [2.24, 2.45) is 5.41 Å². The highest BCUT2D eigenvalue weighted by Crippen LogP contribution is 2.61. The molecule has 1 heterocycles. The van der Waals surface area contributed by atoms with E-state index in [4.69, 9.17) is 4.74 Å². The first-order valence-corrected chi connectivity index (χ1v) is 8.91. The molecule has 1 amide bonds. The van der Waals surface area contributed by atoms with Crippen molar-refractivity contribution in [1.29, 1.82) is 10.5 Å². The Kier molecular flexibility index (Phi) is 3.94. The van der Waals surface area contributed by atoms with Crippen LogP contribution in [0.1, 0.15) is 29.9 Å². The Morgan fingerprint density at radius 3 is 2.46 bits per heavy atom. The molecule has 28 heavy (non-hydrogen) atoms. The zero-order valence-electron chi connectivity index (χ0n) is 15.2. The first kappa shape index (κ1) is 17.8. The summed E-state index contributed by atoms with van der Waals surface area (Å²) in [5, 5.41) is 23.3. The number of rotatable bonds is 2. The van der Waals surface area contributed by atoms with E-state index in [1.807, 2.05) is 6.07 Å². The van der Waals surface area contributed by atoms with Crippen molar-refractivity contribution >= 4 is 17.4 Å². The topological polar surface area (TPSA) is 103 Å². The fourth-order valence-corrected chi connectivity index (χ4v) is 4.64. The van der Waals surface area contributed by atoms with Gasteiger partial charge in [0.1, 0.15) is 16.9 Å². The number of ether oxygens (including phenoxy) is 1. The van der Waals surface area contributed by atoms with Crippen molar-refractivity contribution < 1.29 is 14.3 Å². The first-order chi connectivity index (χ1) is 13.5. The number of benzene rings is 2. The van der Waals surface area contributed by atoms with E-state index in [1.54, 1.807) is 42.5 Å². The Morgan fingerprint density at radius 2 is 1.82 bits per heavy atom. The SMILES string of the molecule is COc1ccc2c(c1)[C@]1(CC(=O)C[C@H](c3ccccc3)C1(C#N)C#N)C(=O)N2. The number of fused-ring (bicyclic) bond motifs is 2. The van der Waals surface area contributed by atoms with Crippen LogP contribution in [-0.4, -0.2) is 18.8 Å². The number of amides is 1. The molecule has 1 fully saturated rings. The molecule has 0 unspecified atom stereocenters. The number of nitriles is 2. The molecular weight excluding hydrogens is 354 g/mol. The van der Waals surface area contributed by atoms with Crippen LogP contribution >= 0.6 is 0 Å². The van der Waals surface area contributed by atoms with E-state index in [2.05, 4.69) is 17.5 Å². The summed E-state index contributed by atoms with van der Waals surface area (Å²) in [7, 11) is 1.50. The molecule has 2 aromatic rings. The van der Waals surface area contributed by atoms with Crippen LogP contribution in [0.2, 0.25) is 0 Å². The lowest BCUT2D eigenvalue weighted by Gasteiger charge is -2.46. The maximum atomic E-state index is 13.3. The molecule has 1 aliphatic carbocycles. The van der Waals surface area contributed by atoms with Crippen LogP contribution in [0.4, 0.5) is 5.69 Å². The highest BCUT2D eigenvalue weighted by Gasteiger charge is 2.68. The minimum atomic E-state index is -1.73.